The molecule has 0 saturated heterocycles. The van der Waals surface area contributed by atoms with E-state index in [2.05, 4.69) is 10.2 Å². The molecule has 0 saturated carbocycles. The Labute approximate surface area is 155 Å². The molecular formula is C19H15ClN2O4. The Morgan fingerprint density at radius 1 is 1.15 bits per heavy atom. The second kappa shape index (κ2) is 8.31. The number of rotatable bonds is 6. The number of nitrogens with zero attached hydrogens (tertiary/aromatic N) is 2. The molecule has 2 aromatic carbocycles. The summed E-state index contributed by atoms with van der Waals surface area (Å²) >= 11 is 6.09. The topological polar surface area (TPSA) is 74.5 Å². The van der Waals surface area contributed by atoms with Crippen molar-refractivity contribution in [3.8, 4) is 17.2 Å². The highest BCUT2D eigenvalue weighted by molar-refractivity contribution is 6.33. The van der Waals surface area contributed by atoms with Gasteiger partial charge in [0.2, 0.25) is 5.89 Å². The molecule has 0 N–H and O–H groups in total. The van der Waals surface area contributed by atoms with E-state index in [1.54, 1.807) is 37.5 Å². The van der Waals surface area contributed by atoms with Gasteiger partial charge in [-0.05, 0) is 24.3 Å². The Bertz CT molecular complexity index is 937. The van der Waals surface area contributed by atoms with Gasteiger partial charge in [0, 0.05) is 11.6 Å². The maximum Gasteiger partial charge on any atom is 0.331 e. The van der Waals surface area contributed by atoms with Gasteiger partial charge in [-0.25, -0.2) is 4.79 Å². The Morgan fingerprint density at radius 3 is 2.73 bits per heavy atom. The number of hydrogen-bond donors (Lipinski definition) is 0. The van der Waals surface area contributed by atoms with E-state index in [-0.39, 0.29) is 18.4 Å². The number of halogens is 1. The van der Waals surface area contributed by atoms with Gasteiger partial charge in [0.15, 0.2) is 6.61 Å². The minimum Gasteiger partial charge on any atom is -0.496 e. The minimum absolute atomic E-state index is 0.132. The third-order valence-electron chi connectivity index (χ3n) is 3.45. The van der Waals surface area contributed by atoms with Crippen molar-refractivity contribution in [1.82, 2.24) is 10.2 Å². The lowest BCUT2D eigenvalue weighted by Gasteiger charge is -2.03. The molecule has 132 valence electrons. The van der Waals surface area contributed by atoms with Crippen LogP contribution in [0, 0.1) is 0 Å². The van der Waals surface area contributed by atoms with Crippen molar-refractivity contribution in [3.63, 3.8) is 0 Å². The summed E-state index contributed by atoms with van der Waals surface area (Å²) in [4.78, 5) is 11.9. The van der Waals surface area contributed by atoms with Gasteiger partial charge in [0.05, 0.1) is 17.7 Å². The summed E-state index contributed by atoms with van der Waals surface area (Å²) in [5.41, 5.74) is 1.39. The van der Waals surface area contributed by atoms with E-state index in [0.29, 0.717) is 16.3 Å². The average molecular weight is 371 g/mol. The molecule has 0 atom stereocenters. The van der Waals surface area contributed by atoms with Crippen LogP contribution in [0.4, 0.5) is 0 Å². The highest BCUT2D eigenvalue weighted by atomic mass is 35.5. The van der Waals surface area contributed by atoms with Crippen molar-refractivity contribution in [2.45, 2.75) is 6.61 Å². The van der Waals surface area contributed by atoms with Crippen LogP contribution in [0.15, 0.2) is 59.0 Å². The number of esters is 1. The van der Waals surface area contributed by atoms with E-state index in [4.69, 9.17) is 25.5 Å². The van der Waals surface area contributed by atoms with Crippen LogP contribution in [0.3, 0.4) is 0 Å². The Hall–Kier alpha value is -3.12. The number of carbonyl (C=O) groups excluding carboxylic acids is 1. The molecule has 26 heavy (non-hydrogen) atoms. The van der Waals surface area contributed by atoms with Gasteiger partial charge >= 0.3 is 5.97 Å². The smallest absolute Gasteiger partial charge is 0.331 e. The van der Waals surface area contributed by atoms with E-state index >= 15 is 0 Å². The molecule has 0 spiro atoms. The molecular weight excluding hydrogens is 356 g/mol. The zero-order valence-corrected chi connectivity index (χ0v) is 14.6. The quantitative estimate of drug-likeness (QED) is 0.479. The largest absolute Gasteiger partial charge is 0.496 e. The lowest BCUT2D eigenvalue weighted by Crippen LogP contribution is -2.01. The highest BCUT2D eigenvalue weighted by Crippen LogP contribution is 2.26. The van der Waals surface area contributed by atoms with E-state index in [9.17, 15) is 4.79 Å². The molecule has 1 heterocycles. The van der Waals surface area contributed by atoms with Gasteiger partial charge in [-0.3, -0.25) is 0 Å². The van der Waals surface area contributed by atoms with E-state index in [0.717, 1.165) is 5.56 Å². The highest BCUT2D eigenvalue weighted by Gasteiger charge is 2.12. The number of benzene rings is 2. The Kier molecular flexibility index (Phi) is 5.66. The normalized spacial score (nSPS) is 10.8. The second-order valence-electron chi connectivity index (χ2n) is 5.16. The van der Waals surface area contributed by atoms with Crippen LogP contribution >= 0.6 is 11.6 Å². The first-order valence-electron chi connectivity index (χ1n) is 7.72. The summed E-state index contributed by atoms with van der Waals surface area (Å²) in [5, 5.41) is 8.27. The van der Waals surface area contributed by atoms with Gasteiger partial charge in [-0.15, -0.1) is 10.2 Å². The molecule has 7 heteroatoms. The molecule has 1 aromatic heterocycles. The van der Waals surface area contributed by atoms with Gasteiger partial charge in [0.1, 0.15) is 5.75 Å². The SMILES string of the molecule is COc1ccccc1C=CC(=O)OCc1nnc(-c2ccccc2Cl)o1. The molecule has 3 aromatic rings. The van der Waals surface area contributed by atoms with Crippen molar-refractivity contribution in [1.29, 1.82) is 0 Å². The molecule has 0 aliphatic carbocycles. The summed E-state index contributed by atoms with van der Waals surface area (Å²) in [7, 11) is 1.57. The van der Waals surface area contributed by atoms with Crippen molar-refractivity contribution < 1.29 is 18.7 Å². The minimum atomic E-state index is -0.534. The number of methoxy groups -OCH3 is 1. The third kappa shape index (κ3) is 4.29. The number of carbonyl (C=O) groups is 1. The van der Waals surface area contributed by atoms with Crippen LogP contribution in [0.2, 0.25) is 5.02 Å². The standard InChI is InChI=1S/C19H15ClN2O4/c1-24-16-9-5-2-6-13(16)10-11-18(23)25-12-17-21-22-19(26-17)14-7-3-4-8-15(14)20/h2-11H,12H2,1H3. The fraction of sp³-hybridized carbons (Fsp3) is 0.105. The average Bonchev–Trinajstić information content (AvgIpc) is 3.14. The first kappa shape index (κ1) is 17.7. The summed E-state index contributed by atoms with van der Waals surface area (Å²) in [6.45, 7) is -0.132. The predicted molar refractivity (Wildman–Crippen MR) is 96.6 cm³/mol. The fourth-order valence-corrected chi connectivity index (χ4v) is 2.41. The monoisotopic (exact) mass is 370 g/mol. The van der Waals surface area contributed by atoms with E-state index in [1.807, 2.05) is 24.3 Å². The summed E-state index contributed by atoms with van der Waals surface area (Å²) < 4.78 is 15.8. The van der Waals surface area contributed by atoms with Crippen molar-refractivity contribution in [3.05, 3.63) is 71.1 Å². The van der Waals surface area contributed by atoms with Gasteiger partial charge in [-0.2, -0.15) is 0 Å². The lowest BCUT2D eigenvalue weighted by molar-refractivity contribution is -0.139. The van der Waals surface area contributed by atoms with Crippen LogP contribution in [0.5, 0.6) is 5.75 Å². The molecule has 3 rings (SSSR count). The van der Waals surface area contributed by atoms with Crippen LogP contribution < -0.4 is 4.74 Å². The van der Waals surface area contributed by atoms with Gasteiger partial charge < -0.3 is 13.9 Å². The molecule has 0 aliphatic rings. The van der Waals surface area contributed by atoms with Crippen LogP contribution in [-0.4, -0.2) is 23.3 Å². The predicted octanol–water partition coefficient (Wildman–Crippen LogP) is 4.16. The van der Waals surface area contributed by atoms with Crippen LogP contribution in [0.25, 0.3) is 17.5 Å². The molecule has 0 aliphatic heterocycles. The molecule has 0 bridgehead atoms. The fourth-order valence-electron chi connectivity index (χ4n) is 2.20. The van der Waals surface area contributed by atoms with Crippen molar-refractivity contribution in [2.24, 2.45) is 0 Å². The van der Waals surface area contributed by atoms with Crippen molar-refractivity contribution in [2.75, 3.05) is 7.11 Å². The zero-order valence-electron chi connectivity index (χ0n) is 13.9. The maximum absolute atomic E-state index is 11.9. The third-order valence-corrected chi connectivity index (χ3v) is 3.78. The van der Waals surface area contributed by atoms with Crippen molar-refractivity contribution >= 4 is 23.6 Å². The second-order valence-corrected chi connectivity index (χ2v) is 5.57. The number of ether oxygens (including phenoxy) is 2. The summed E-state index contributed by atoms with van der Waals surface area (Å²) in [5.74, 6) is 0.580. The summed E-state index contributed by atoms with van der Waals surface area (Å²) in [6, 6.07) is 14.4. The van der Waals surface area contributed by atoms with E-state index in [1.165, 1.54) is 6.08 Å². The first-order chi connectivity index (χ1) is 12.7. The maximum atomic E-state index is 11.9. The number of para-hydroxylation sites is 1. The molecule has 0 unspecified atom stereocenters. The molecule has 6 nitrogen and oxygen atoms in total. The van der Waals surface area contributed by atoms with Crippen LogP contribution in [0.1, 0.15) is 11.5 Å². The lowest BCUT2D eigenvalue weighted by atomic mass is 10.2. The zero-order chi connectivity index (χ0) is 18.4. The Morgan fingerprint density at radius 2 is 1.92 bits per heavy atom. The van der Waals surface area contributed by atoms with Gasteiger partial charge in [-0.1, -0.05) is 41.9 Å². The number of hydrogen-bond acceptors (Lipinski definition) is 6. The molecule has 0 fully saturated rings. The van der Waals surface area contributed by atoms with E-state index < -0.39 is 5.97 Å². The van der Waals surface area contributed by atoms with Gasteiger partial charge in [0.25, 0.3) is 5.89 Å². The molecule has 0 radical (unpaired) electrons. The first-order valence-corrected chi connectivity index (χ1v) is 8.10. The Balaban J connectivity index is 1.60. The summed E-state index contributed by atoms with van der Waals surface area (Å²) in [6.07, 6.45) is 2.92. The van der Waals surface area contributed by atoms with Crippen LogP contribution in [-0.2, 0) is 16.1 Å². The number of aromatic nitrogens is 2. The molecule has 0 amide bonds.